The number of benzene rings is 1. The molecule has 2 amide bonds. The van der Waals surface area contributed by atoms with Gasteiger partial charge in [-0.3, -0.25) is 9.59 Å². The third-order valence-corrected chi connectivity index (χ3v) is 5.96. The number of ether oxygens (including phenoxy) is 1. The van der Waals surface area contributed by atoms with E-state index in [1.807, 2.05) is 13.8 Å². The summed E-state index contributed by atoms with van der Waals surface area (Å²) in [6.07, 6.45) is 0. The molecule has 0 aliphatic rings. The summed E-state index contributed by atoms with van der Waals surface area (Å²) >= 11 is 7.30. The molecule has 30 heavy (non-hydrogen) atoms. The van der Waals surface area contributed by atoms with Crippen LogP contribution in [0, 0.1) is 13.8 Å². The second-order valence-electron chi connectivity index (χ2n) is 6.79. The molecule has 0 aliphatic carbocycles. The monoisotopic (exact) mass is 452 g/mol. The van der Waals surface area contributed by atoms with Gasteiger partial charge in [0.25, 0.3) is 5.91 Å². The van der Waals surface area contributed by atoms with E-state index in [1.165, 1.54) is 16.2 Å². The standard InChI is InChI=1S/C21H29ClN4O3S/c1-5-25(6-2)11-12-26(13-19(27)24-21-23-15(3)16(4)30-21)20(28)14-29-18-9-7-17(22)8-10-18/h7-10H,5-6,11-14H2,1-4H3,(H,23,24,27). The Morgan fingerprint density at radius 2 is 1.80 bits per heavy atom. The Hall–Kier alpha value is -2.16. The number of aryl methyl sites for hydroxylation is 2. The van der Waals surface area contributed by atoms with E-state index >= 15 is 0 Å². The van der Waals surface area contributed by atoms with E-state index in [4.69, 9.17) is 16.3 Å². The SMILES string of the molecule is CCN(CC)CCN(CC(=O)Nc1nc(C)c(C)s1)C(=O)COc1ccc(Cl)cc1. The minimum Gasteiger partial charge on any atom is -0.484 e. The number of anilines is 1. The van der Waals surface area contributed by atoms with Crippen LogP contribution < -0.4 is 10.1 Å². The van der Waals surface area contributed by atoms with Gasteiger partial charge in [-0.25, -0.2) is 4.98 Å². The van der Waals surface area contributed by atoms with E-state index in [-0.39, 0.29) is 25.0 Å². The maximum Gasteiger partial charge on any atom is 0.261 e. The van der Waals surface area contributed by atoms with Gasteiger partial charge in [0.1, 0.15) is 12.3 Å². The Morgan fingerprint density at radius 1 is 1.13 bits per heavy atom. The minimum atomic E-state index is -0.275. The zero-order chi connectivity index (χ0) is 22.1. The molecule has 0 spiro atoms. The summed E-state index contributed by atoms with van der Waals surface area (Å²) in [5, 5.41) is 3.93. The van der Waals surface area contributed by atoms with Crippen LogP contribution in [0.25, 0.3) is 0 Å². The van der Waals surface area contributed by atoms with Gasteiger partial charge in [0.15, 0.2) is 11.7 Å². The number of carbonyl (C=O) groups is 2. The highest BCUT2D eigenvalue weighted by molar-refractivity contribution is 7.15. The van der Waals surface area contributed by atoms with Crippen LogP contribution in [0.2, 0.25) is 5.02 Å². The molecule has 0 atom stereocenters. The Labute approximate surface area is 187 Å². The largest absolute Gasteiger partial charge is 0.484 e. The molecule has 0 saturated carbocycles. The van der Waals surface area contributed by atoms with Crippen LogP contribution in [0.3, 0.4) is 0 Å². The summed E-state index contributed by atoms with van der Waals surface area (Å²) in [4.78, 5) is 34.4. The fourth-order valence-corrected chi connectivity index (χ4v) is 3.68. The zero-order valence-electron chi connectivity index (χ0n) is 17.9. The number of halogens is 1. The van der Waals surface area contributed by atoms with Crippen molar-refractivity contribution in [2.75, 3.05) is 44.6 Å². The highest BCUT2D eigenvalue weighted by Gasteiger charge is 2.19. The van der Waals surface area contributed by atoms with Crippen LogP contribution in [-0.2, 0) is 9.59 Å². The summed E-state index contributed by atoms with van der Waals surface area (Å²) in [5.74, 6) is 0.0246. The zero-order valence-corrected chi connectivity index (χ0v) is 19.5. The van der Waals surface area contributed by atoms with Crippen molar-refractivity contribution in [2.24, 2.45) is 0 Å². The quantitative estimate of drug-likeness (QED) is 0.563. The van der Waals surface area contributed by atoms with Crippen molar-refractivity contribution in [3.63, 3.8) is 0 Å². The molecule has 2 aromatic rings. The fourth-order valence-electron chi connectivity index (χ4n) is 2.72. The van der Waals surface area contributed by atoms with Gasteiger partial charge in [-0.1, -0.05) is 25.4 Å². The molecular weight excluding hydrogens is 424 g/mol. The van der Waals surface area contributed by atoms with Crippen LogP contribution >= 0.6 is 22.9 Å². The summed E-state index contributed by atoms with van der Waals surface area (Å²) in [6, 6.07) is 6.81. The van der Waals surface area contributed by atoms with E-state index in [0.717, 1.165) is 23.7 Å². The van der Waals surface area contributed by atoms with E-state index in [0.29, 0.717) is 29.0 Å². The van der Waals surface area contributed by atoms with Crippen molar-refractivity contribution in [1.82, 2.24) is 14.8 Å². The van der Waals surface area contributed by atoms with Crippen molar-refractivity contribution in [3.05, 3.63) is 39.9 Å². The van der Waals surface area contributed by atoms with Crippen molar-refractivity contribution < 1.29 is 14.3 Å². The third kappa shape index (κ3) is 7.59. The second kappa shape index (κ2) is 11.9. The normalized spacial score (nSPS) is 10.9. The number of nitrogens with zero attached hydrogens (tertiary/aromatic N) is 3. The van der Waals surface area contributed by atoms with Gasteiger partial charge in [-0.05, 0) is 51.2 Å². The lowest BCUT2D eigenvalue weighted by atomic mass is 10.3. The molecule has 164 valence electrons. The molecule has 0 aliphatic heterocycles. The summed E-state index contributed by atoms with van der Waals surface area (Å²) < 4.78 is 5.58. The molecule has 1 aromatic heterocycles. The van der Waals surface area contributed by atoms with Gasteiger partial charge in [0.2, 0.25) is 5.91 Å². The molecule has 1 N–H and O–H groups in total. The lowest BCUT2D eigenvalue weighted by molar-refractivity contribution is -0.136. The lowest BCUT2D eigenvalue weighted by Crippen LogP contribution is -2.44. The number of likely N-dealkylation sites (N-methyl/N-ethyl adjacent to an activating group) is 1. The molecule has 0 unspecified atom stereocenters. The maximum atomic E-state index is 12.8. The first-order valence-electron chi connectivity index (χ1n) is 9.94. The second-order valence-corrected chi connectivity index (χ2v) is 8.43. The average molecular weight is 453 g/mol. The van der Waals surface area contributed by atoms with Crippen LogP contribution in [0.5, 0.6) is 5.75 Å². The number of nitrogens with one attached hydrogen (secondary N) is 1. The first-order valence-corrected chi connectivity index (χ1v) is 11.1. The molecule has 1 heterocycles. The number of carbonyl (C=O) groups excluding carboxylic acids is 2. The van der Waals surface area contributed by atoms with Gasteiger partial charge in [-0.2, -0.15) is 0 Å². The predicted octanol–water partition coefficient (Wildman–Crippen LogP) is 3.60. The topological polar surface area (TPSA) is 74.8 Å². The first kappa shape index (κ1) is 24.1. The van der Waals surface area contributed by atoms with E-state index < -0.39 is 0 Å². The van der Waals surface area contributed by atoms with E-state index in [2.05, 4.69) is 29.0 Å². The number of aromatic nitrogens is 1. The first-order chi connectivity index (χ1) is 14.3. The molecule has 2 rings (SSSR count). The summed E-state index contributed by atoms with van der Waals surface area (Å²) in [6.45, 7) is 10.7. The molecule has 9 heteroatoms. The van der Waals surface area contributed by atoms with Crippen molar-refractivity contribution in [2.45, 2.75) is 27.7 Å². The Balaban J connectivity index is 1.99. The average Bonchev–Trinajstić information content (AvgIpc) is 3.03. The Kier molecular flexibility index (Phi) is 9.55. The Morgan fingerprint density at radius 3 is 2.37 bits per heavy atom. The third-order valence-electron chi connectivity index (χ3n) is 4.72. The molecule has 7 nitrogen and oxygen atoms in total. The highest BCUT2D eigenvalue weighted by Crippen LogP contribution is 2.21. The number of thiazole rings is 1. The maximum absolute atomic E-state index is 12.8. The number of hydrogen-bond acceptors (Lipinski definition) is 6. The van der Waals surface area contributed by atoms with Gasteiger partial charge in [-0.15, -0.1) is 11.3 Å². The molecule has 0 fully saturated rings. The molecule has 0 saturated heterocycles. The smallest absolute Gasteiger partial charge is 0.261 e. The molecular formula is C21H29ClN4O3S. The molecule has 0 radical (unpaired) electrons. The van der Waals surface area contributed by atoms with Gasteiger partial charge in [0, 0.05) is 23.0 Å². The van der Waals surface area contributed by atoms with Crippen LogP contribution in [0.4, 0.5) is 5.13 Å². The number of rotatable bonds is 11. The van der Waals surface area contributed by atoms with Crippen molar-refractivity contribution in [1.29, 1.82) is 0 Å². The van der Waals surface area contributed by atoms with Crippen LogP contribution in [-0.4, -0.2) is 65.9 Å². The van der Waals surface area contributed by atoms with E-state index in [1.54, 1.807) is 24.3 Å². The summed E-state index contributed by atoms with van der Waals surface area (Å²) in [5.41, 5.74) is 0.890. The number of amides is 2. The predicted molar refractivity (Wildman–Crippen MR) is 122 cm³/mol. The number of hydrogen-bond donors (Lipinski definition) is 1. The Bertz CT molecular complexity index is 818. The highest BCUT2D eigenvalue weighted by atomic mass is 35.5. The van der Waals surface area contributed by atoms with Gasteiger partial charge in [0.05, 0.1) is 5.69 Å². The lowest BCUT2D eigenvalue weighted by Gasteiger charge is -2.26. The van der Waals surface area contributed by atoms with Crippen molar-refractivity contribution in [3.8, 4) is 5.75 Å². The summed E-state index contributed by atoms with van der Waals surface area (Å²) in [7, 11) is 0. The van der Waals surface area contributed by atoms with Crippen LogP contribution in [0.1, 0.15) is 24.4 Å². The van der Waals surface area contributed by atoms with Crippen molar-refractivity contribution >= 4 is 39.9 Å². The fraction of sp³-hybridized carbons (Fsp3) is 0.476. The van der Waals surface area contributed by atoms with E-state index in [9.17, 15) is 9.59 Å². The molecule has 0 bridgehead atoms. The van der Waals surface area contributed by atoms with Gasteiger partial charge >= 0.3 is 0 Å². The molecule has 1 aromatic carbocycles. The minimum absolute atomic E-state index is 0.0538. The van der Waals surface area contributed by atoms with Gasteiger partial charge < -0.3 is 19.9 Å². The van der Waals surface area contributed by atoms with Crippen LogP contribution in [0.15, 0.2) is 24.3 Å².